The van der Waals surface area contributed by atoms with E-state index in [1.807, 2.05) is 0 Å². The van der Waals surface area contributed by atoms with Crippen LogP contribution in [0.3, 0.4) is 0 Å². The highest BCUT2D eigenvalue weighted by Crippen LogP contribution is 2.35. The Labute approximate surface area is 197 Å². The monoisotopic (exact) mass is 489 g/mol. The van der Waals surface area contributed by atoms with Crippen molar-refractivity contribution in [3.63, 3.8) is 0 Å². The van der Waals surface area contributed by atoms with Crippen molar-refractivity contribution in [3.05, 3.63) is 69.0 Å². The molecule has 1 aromatic heterocycles. The normalized spacial score (nSPS) is 10.5. The number of carbonyl (C=O) groups excluding carboxylic acids is 2. The lowest BCUT2D eigenvalue weighted by Crippen LogP contribution is -2.23. The molecule has 3 aromatic rings. The zero-order valence-electron chi connectivity index (χ0n) is 18.4. The molecule has 0 fully saturated rings. The number of carbonyl (C=O) groups is 2. The third kappa shape index (κ3) is 5.29. The number of hydrogen-bond acceptors (Lipinski definition) is 9. The molecule has 0 bridgehead atoms. The number of halogens is 1. The summed E-state index contributed by atoms with van der Waals surface area (Å²) in [5.41, 5.74) is -0.519. The van der Waals surface area contributed by atoms with E-state index in [9.17, 15) is 24.1 Å². The van der Waals surface area contributed by atoms with Crippen molar-refractivity contribution in [2.75, 3.05) is 18.6 Å². The van der Waals surface area contributed by atoms with Gasteiger partial charge in [0.15, 0.2) is 16.6 Å². The molecule has 0 unspecified atom stereocenters. The van der Waals surface area contributed by atoms with Gasteiger partial charge in [-0.3, -0.25) is 19.8 Å². The fourth-order valence-corrected chi connectivity index (χ4v) is 3.88. The highest BCUT2D eigenvalue weighted by molar-refractivity contribution is 7.14. The Hall–Kier alpha value is -4.06. The smallest absolute Gasteiger partial charge is 0.345 e. The number of thiazole rings is 1. The summed E-state index contributed by atoms with van der Waals surface area (Å²) in [7, 11) is 1.34. The molecular weight excluding hydrogens is 469 g/mol. The Balaban J connectivity index is 1.82. The molecule has 3 rings (SSSR count). The van der Waals surface area contributed by atoms with E-state index in [4.69, 9.17) is 14.2 Å². The summed E-state index contributed by atoms with van der Waals surface area (Å²) in [4.78, 5) is 40.9. The summed E-state index contributed by atoms with van der Waals surface area (Å²) in [5, 5.41) is 13.2. The van der Waals surface area contributed by atoms with Crippen molar-refractivity contribution in [1.82, 2.24) is 4.98 Å². The fraction of sp³-hybridized carbons (Fsp3) is 0.227. The number of aromatic nitrogens is 1. The van der Waals surface area contributed by atoms with Gasteiger partial charge in [-0.2, -0.15) is 0 Å². The SMILES string of the molecule is CCOc1cc([N+](=O)[O-])c(C(=O)OCc2csc(N(C(C)=O)c3ccccc3F)n2)cc1OC. The zero-order valence-corrected chi connectivity index (χ0v) is 19.3. The van der Waals surface area contributed by atoms with E-state index in [2.05, 4.69) is 4.98 Å². The van der Waals surface area contributed by atoms with Crippen molar-refractivity contribution in [3.8, 4) is 11.5 Å². The van der Waals surface area contributed by atoms with Crippen molar-refractivity contribution in [2.24, 2.45) is 0 Å². The second-order valence-electron chi connectivity index (χ2n) is 6.71. The first-order chi connectivity index (χ1) is 16.3. The predicted octanol–water partition coefficient (Wildman–Crippen LogP) is 4.64. The van der Waals surface area contributed by atoms with Crippen LogP contribution in [-0.2, 0) is 16.1 Å². The lowest BCUT2D eigenvalue weighted by Gasteiger charge is -2.18. The molecule has 0 aliphatic carbocycles. The zero-order chi connectivity index (χ0) is 24.8. The number of rotatable bonds is 9. The molecule has 0 saturated heterocycles. The average Bonchev–Trinajstić information content (AvgIpc) is 3.27. The minimum atomic E-state index is -0.972. The summed E-state index contributed by atoms with van der Waals surface area (Å²) >= 11 is 1.05. The second-order valence-corrected chi connectivity index (χ2v) is 7.55. The number of amides is 1. The number of nitro groups is 1. The number of esters is 1. The molecule has 0 radical (unpaired) electrons. The van der Waals surface area contributed by atoms with E-state index in [0.29, 0.717) is 0 Å². The minimum Gasteiger partial charge on any atom is -0.493 e. The molecule has 0 saturated carbocycles. The third-order valence-corrected chi connectivity index (χ3v) is 5.36. The van der Waals surface area contributed by atoms with Gasteiger partial charge < -0.3 is 14.2 Å². The maximum Gasteiger partial charge on any atom is 0.345 e. The molecule has 0 N–H and O–H groups in total. The molecular formula is C22H20FN3O7S. The Kier molecular flexibility index (Phi) is 7.74. The van der Waals surface area contributed by atoms with Gasteiger partial charge in [-0.25, -0.2) is 14.2 Å². The van der Waals surface area contributed by atoms with Crippen LogP contribution in [0.4, 0.5) is 20.9 Å². The molecule has 1 heterocycles. The highest BCUT2D eigenvalue weighted by atomic mass is 32.1. The molecule has 1 amide bonds. The molecule has 0 atom stereocenters. The van der Waals surface area contributed by atoms with Gasteiger partial charge in [0.25, 0.3) is 5.69 Å². The van der Waals surface area contributed by atoms with Crippen LogP contribution in [0, 0.1) is 15.9 Å². The maximum absolute atomic E-state index is 14.2. The Morgan fingerprint density at radius 2 is 1.97 bits per heavy atom. The summed E-state index contributed by atoms with van der Waals surface area (Å²) in [6.07, 6.45) is 0. The Bertz CT molecular complexity index is 1230. The number of hydrogen-bond donors (Lipinski definition) is 0. The minimum absolute atomic E-state index is 0.0324. The van der Waals surface area contributed by atoms with Gasteiger partial charge in [0.05, 0.1) is 36.1 Å². The number of para-hydroxylation sites is 1. The predicted molar refractivity (Wildman–Crippen MR) is 121 cm³/mol. The molecule has 0 aliphatic rings. The van der Waals surface area contributed by atoms with E-state index in [1.54, 1.807) is 13.0 Å². The molecule has 12 heteroatoms. The topological polar surface area (TPSA) is 121 Å². The van der Waals surface area contributed by atoms with Crippen LogP contribution >= 0.6 is 11.3 Å². The first-order valence-corrected chi connectivity index (χ1v) is 10.8. The van der Waals surface area contributed by atoms with Gasteiger partial charge in [-0.05, 0) is 19.1 Å². The highest BCUT2D eigenvalue weighted by Gasteiger charge is 2.26. The van der Waals surface area contributed by atoms with Gasteiger partial charge in [-0.15, -0.1) is 11.3 Å². The number of benzene rings is 2. The third-order valence-electron chi connectivity index (χ3n) is 4.49. The number of nitro benzene ring substituents is 1. The largest absolute Gasteiger partial charge is 0.493 e. The van der Waals surface area contributed by atoms with Crippen LogP contribution in [0.1, 0.15) is 29.9 Å². The van der Waals surface area contributed by atoms with Crippen molar-refractivity contribution in [2.45, 2.75) is 20.5 Å². The summed E-state index contributed by atoms with van der Waals surface area (Å²) < 4.78 is 29.9. The lowest BCUT2D eigenvalue weighted by molar-refractivity contribution is -0.385. The number of anilines is 2. The van der Waals surface area contributed by atoms with Gasteiger partial charge in [0, 0.05) is 18.4 Å². The quantitative estimate of drug-likeness (QED) is 0.242. The maximum atomic E-state index is 14.2. The first-order valence-electron chi connectivity index (χ1n) is 9.92. The van der Waals surface area contributed by atoms with Gasteiger partial charge in [0.1, 0.15) is 18.0 Å². The second kappa shape index (κ2) is 10.7. The van der Waals surface area contributed by atoms with E-state index >= 15 is 0 Å². The average molecular weight is 489 g/mol. The van der Waals surface area contributed by atoms with Gasteiger partial charge >= 0.3 is 5.97 Å². The van der Waals surface area contributed by atoms with Crippen LogP contribution in [0.5, 0.6) is 11.5 Å². The van der Waals surface area contributed by atoms with Gasteiger partial charge in [0.2, 0.25) is 5.91 Å². The fourth-order valence-electron chi connectivity index (χ4n) is 3.01. The van der Waals surface area contributed by atoms with Crippen molar-refractivity contribution < 1.29 is 33.1 Å². The molecule has 178 valence electrons. The number of ether oxygens (including phenoxy) is 3. The van der Waals surface area contributed by atoms with Crippen LogP contribution in [-0.4, -0.2) is 35.5 Å². The number of nitrogens with zero attached hydrogens (tertiary/aromatic N) is 3. The molecule has 0 spiro atoms. The van der Waals surface area contributed by atoms with E-state index in [0.717, 1.165) is 22.3 Å². The van der Waals surface area contributed by atoms with E-state index in [1.165, 1.54) is 43.7 Å². The van der Waals surface area contributed by atoms with Crippen molar-refractivity contribution >= 4 is 39.7 Å². The Morgan fingerprint density at radius 1 is 1.24 bits per heavy atom. The van der Waals surface area contributed by atoms with Crippen LogP contribution in [0.15, 0.2) is 41.8 Å². The van der Waals surface area contributed by atoms with Crippen LogP contribution < -0.4 is 14.4 Å². The van der Waals surface area contributed by atoms with Crippen molar-refractivity contribution in [1.29, 1.82) is 0 Å². The Morgan fingerprint density at radius 3 is 2.59 bits per heavy atom. The van der Waals surface area contributed by atoms with E-state index in [-0.39, 0.29) is 46.8 Å². The first kappa shape index (κ1) is 24.6. The summed E-state index contributed by atoms with van der Waals surface area (Å²) in [5.74, 6) is -1.77. The van der Waals surface area contributed by atoms with Crippen LogP contribution in [0.2, 0.25) is 0 Å². The molecule has 0 aliphatic heterocycles. The summed E-state index contributed by atoms with van der Waals surface area (Å²) in [6, 6.07) is 8.02. The summed E-state index contributed by atoms with van der Waals surface area (Å²) in [6.45, 7) is 2.89. The van der Waals surface area contributed by atoms with Gasteiger partial charge in [-0.1, -0.05) is 12.1 Å². The molecule has 34 heavy (non-hydrogen) atoms. The lowest BCUT2D eigenvalue weighted by atomic mass is 10.1. The van der Waals surface area contributed by atoms with E-state index < -0.39 is 28.3 Å². The number of methoxy groups -OCH3 is 1. The molecule has 10 nitrogen and oxygen atoms in total. The van der Waals surface area contributed by atoms with Crippen LogP contribution in [0.25, 0.3) is 0 Å². The molecule has 2 aromatic carbocycles. The standard InChI is InChI=1S/C22H20FN3O7S/c1-4-32-20-10-18(26(29)30)15(9-19(20)31-3)21(28)33-11-14-12-34-22(24-14)25(13(2)27)17-8-6-5-7-16(17)23/h5-10,12H,4,11H2,1-3H3.